The Kier molecular flexibility index (Phi) is 3.45. The van der Waals surface area contributed by atoms with Gasteiger partial charge in [-0.15, -0.1) is 0 Å². The quantitative estimate of drug-likeness (QED) is 0.488. The standard InChI is InChI=1S/C9H13NO/c1-2-3-4-5-6-9-10-7-8-11-9/h2-3,7-8H,4-6H2,1H3/b3-2+. The second kappa shape index (κ2) is 4.72. The molecule has 1 rings (SSSR count). The first-order valence-electron chi connectivity index (χ1n) is 3.93. The summed E-state index contributed by atoms with van der Waals surface area (Å²) in [5.74, 6) is 0.842. The number of oxazole rings is 1. The molecular formula is C9H13NO. The van der Waals surface area contributed by atoms with Crippen molar-refractivity contribution >= 4 is 0 Å². The van der Waals surface area contributed by atoms with Gasteiger partial charge in [-0.05, 0) is 19.8 Å². The normalized spacial score (nSPS) is 11.0. The lowest BCUT2D eigenvalue weighted by atomic mass is 10.2. The zero-order chi connectivity index (χ0) is 7.94. The van der Waals surface area contributed by atoms with Crippen molar-refractivity contribution in [3.05, 3.63) is 30.5 Å². The molecule has 0 bridgehead atoms. The maximum Gasteiger partial charge on any atom is 0.193 e. The van der Waals surface area contributed by atoms with Crippen LogP contribution in [0, 0.1) is 0 Å². The maximum absolute atomic E-state index is 5.08. The minimum absolute atomic E-state index is 0.842. The van der Waals surface area contributed by atoms with Gasteiger partial charge in [-0.1, -0.05) is 12.2 Å². The molecule has 2 heteroatoms. The smallest absolute Gasteiger partial charge is 0.193 e. The van der Waals surface area contributed by atoms with Gasteiger partial charge < -0.3 is 4.42 Å². The molecular weight excluding hydrogens is 138 g/mol. The highest BCUT2D eigenvalue weighted by molar-refractivity contribution is 4.82. The molecule has 0 aliphatic rings. The van der Waals surface area contributed by atoms with Crippen LogP contribution >= 0.6 is 0 Å². The predicted octanol–water partition coefficient (Wildman–Crippen LogP) is 2.57. The third kappa shape index (κ3) is 3.03. The van der Waals surface area contributed by atoms with E-state index in [1.807, 2.05) is 6.92 Å². The molecule has 0 N–H and O–H groups in total. The fourth-order valence-corrected chi connectivity index (χ4v) is 0.914. The molecule has 0 aliphatic carbocycles. The zero-order valence-corrected chi connectivity index (χ0v) is 6.79. The average molecular weight is 151 g/mol. The molecule has 1 aromatic rings. The fourth-order valence-electron chi connectivity index (χ4n) is 0.914. The first-order valence-corrected chi connectivity index (χ1v) is 3.93. The molecule has 0 spiro atoms. The van der Waals surface area contributed by atoms with Gasteiger partial charge in [0.15, 0.2) is 5.89 Å². The van der Waals surface area contributed by atoms with Crippen LogP contribution in [0.15, 0.2) is 29.0 Å². The van der Waals surface area contributed by atoms with E-state index in [1.54, 1.807) is 12.5 Å². The zero-order valence-electron chi connectivity index (χ0n) is 6.79. The molecule has 60 valence electrons. The Labute approximate surface area is 66.9 Å². The maximum atomic E-state index is 5.08. The summed E-state index contributed by atoms with van der Waals surface area (Å²) in [7, 11) is 0. The number of aryl methyl sites for hydroxylation is 1. The van der Waals surface area contributed by atoms with Gasteiger partial charge in [0.25, 0.3) is 0 Å². The first-order chi connectivity index (χ1) is 5.43. The highest BCUT2D eigenvalue weighted by Crippen LogP contribution is 2.01. The summed E-state index contributed by atoms with van der Waals surface area (Å²) < 4.78 is 5.08. The second-order valence-corrected chi connectivity index (χ2v) is 2.39. The van der Waals surface area contributed by atoms with E-state index in [1.165, 1.54) is 0 Å². The van der Waals surface area contributed by atoms with E-state index < -0.39 is 0 Å². The molecule has 2 nitrogen and oxygen atoms in total. The molecule has 0 radical (unpaired) electrons. The summed E-state index contributed by atoms with van der Waals surface area (Å²) in [6, 6.07) is 0. The van der Waals surface area contributed by atoms with Gasteiger partial charge in [0.1, 0.15) is 6.26 Å². The number of allylic oxidation sites excluding steroid dienone is 2. The monoisotopic (exact) mass is 151 g/mol. The average Bonchev–Trinajstić information content (AvgIpc) is 2.50. The molecule has 0 unspecified atom stereocenters. The summed E-state index contributed by atoms with van der Waals surface area (Å²) >= 11 is 0. The largest absolute Gasteiger partial charge is 0.449 e. The second-order valence-electron chi connectivity index (χ2n) is 2.39. The van der Waals surface area contributed by atoms with Crippen LogP contribution in [-0.4, -0.2) is 4.98 Å². The lowest BCUT2D eigenvalue weighted by molar-refractivity contribution is 0.488. The summed E-state index contributed by atoms with van der Waals surface area (Å²) in [5, 5.41) is 0. The van der Waals surface area contributed by atoms with Crippen LogP contribution in [0.3, 0.4) is 0 Å². The van der Waals surface area contributed by atoms with Gasteiger partial charge in [0.05, 0.1) is 6.20 Å². The van der Waals surface area contributed by atoms with E-state index in [2.05, 4.69) is 17.1 Å². The van der Waals surface area contributed by atoms with Crippen LogP contribution in [0.1, 0.15) is 25.7 Å². The van der Waals surface area contributed by atoms with Crippen molar-refractivity contribution in [1.29, 1.82) is 0 Å². The molecule has 11 heavy (non-hydrogen) atoms. The number of nitrogens with zero attached hydrogens (tertiary/aromatic N) is 1. The fraction of sp³-hybridized carbons (Fsp3) is 0.444. The lowest BCUT2D eigenvalue weighted by Crippen LogP contribution is -1.82. The third-order valence-corrected chi connectivity index (χ3v) is 1.48. The first kappa shape index (κ1) is 8.05. The molecule has 0 amide bonds. The Hall–Kier alpha value is -1.05. The van der Waals surface area contributed by atoms with Crippen molar-refractivity contribution in [2.75, 3.05) is 0 Å². The van der Waals surface area contributed by atoms with E-state index in [0.29, 0.717) is 0 Å². The molecule has 0 fully saturated rings. The van der Waals surface area contributed by atoms with Crippen molar-refractivity contribution in [2.45, 2.75) is 26.2 Å². The number of rotatable bonds is 4. The van der Waals surface area contributed by atoms with Crippen molar-refractivity contribution in [3.63, 3.8) is 0 Å². The Morgan fingerprint density at radius 2 is 2.55 bits per heavy atom. The topological polar surface area (TPSA) is 26.0 Å². The van der Waals surface area contributed by atoms with Gasteiger partial charge in [-0.25, -0.2) is 4.98 Å². The minimum Gasteiger partial charge on any atom is -0.449 e. The summed E-state index contributed by atoms with van der Waals surface area (Å²) in [5.41, 5.74) is 0. The summed E-state index contributed by atoms with van der Waals surface area (Å²) in [4.78, 5) is 4.02. The van der Waals surface area contributed by atoms with Crippen LogP contribution in [0.25, 0.3) is 0 Å². The summed E-state index contributed by atoms with van der Waals surface area (Å²) in [6.45, 7) is 2.03. The van der Waals surface area contributed by atoms with Crippen LogP contribution in [0.5, 0.6) is 0 Å². The van der Waals surface area contributed by atoms with Crippen LogP contribution in [-0.2, 0) is 6.42 Å². The number of hydrogen-bond acceptors (Lipinski definition) is 2. The van der Waals surface area contributed by atoms with E-state index in [4.69, 9.17) is 4.42 Å². The SMILES string of the molecule is C/C=C/CCCc1ncco1. The van der Waals surface area contributed by atoms with Gasteiger partial charge >= 0.3 is 0 Å². The van der Waals surface area contributed by atoms with Crippen LogP contribution in [0.4, 0.5) is 0 Å². The van der Waals surface area contributed by atoms with E-state index >= 15 is 0 Å². The van der Waals surface area contributed by atoms with E-state index in [0.717, 1.165) is 25.2 Å². The molecule has 0 aromatic carbocycles. The highest BCUT2D eigenvalue weighted by atomic mass is 16.3. The molecule has 1 heterocycles. The molecule has 0 saturated heterocycles. The van der Waals surface area contributed by atoms with Crippen molar-refractivity contribution in [3.8, 4) is 0 Å². The van der Waals surface area contributed by atoms with E-state index in [9.17, 15) is 0 Å². The molecule has 0 saturated carbocycles. The van der Waals surface area contributed by atoms with Crippen LogP contribution < -0.4 is 0 Å². The summed E-state index contributed by atoms with van der Waals surface area (Å²) in [6.07, 6.45) is 10.7. The highest BCUT2D eigenvalue weighted by Gasteiger charge is 1.94. The van der Waals surface area contributed by atoms with Crippen molar-refractivity contribution in [2.24, 2.45) is 0 Å². The number of aromatic nitrogens is 1. The Bertz CT molecular complexity index is 201. The Morgan fingerprint density at radius 3 is 3.18 bits per heavy atom. The number of unbranched alkanes of at least 4 members (excludes halogenated alkanes) is 1. The van der Waals surface area contributed by atoms with Gasteiger partial charge in [-0.3, -0.25) is 0 Å². The van der Waals surface area contributed by atoms with Crippen LogP contribution in [0.2, 0.25) is 0 Å². The van der Waals surface area contributed by atoms with Gasteiger partial charge in [-0.2, -0.15) is 0 Å². The van der Waals surface area contributed by atoms with Gasteiger partial charge in [0.2, 0.25) is 0 Å². The molecule has 1 aromatic heterocycles. The minimum atomic E-state index is 0.842. The third-order valence-electron chi connectivity index (χ3n) is 1.48. The Morgan fingerprint density at radius 1 is 1.64 bits per heavy atom. The van der Waals surface area contributed by atoms with Gasteiger partial charge in [0, 0.05) is 6.42 Å². The molecule has 0 aliphatic heterocycles. The van der Waals surface area contributed by atoms with Crippen molar-refractivity contribution in [1.82, 2.24) is 4.98 Å². The molecule has 0 atom stereocenters. The Balaban J connectivity index is 2.14. The number of hydrogen-bond donors (Lipinski definition) is 0. The van der Waals surface area contributed by atoms with Crippen molar-refractivity contribution < 1.29 is 4.42 Å². The predicted molar refractivity (Wildman–Crippen MR) is 44.3 cm³/mol. The van der Waals surface area contributed by atoms with E-state index in [-0.39, 0.29) is 0 Å². The lowest BCUT2D eigenvalue weighted by Gasteiger charge is -1.90.